The summed E-state index contributed by atoms with van der Waals surface area (Å²) in [6.45, 7) is 2.27. The maximum Gasteiger partial charge on any atom is 0.294 e. The fourth-order valence-electron chi connectivity index (χ4n) is 4.38. The molecule has 8 nitrogen and oxygen atoms in total. The van der Waals surface area contributed by atoms with Gasteiger partial charge in [0.15, 0.2) is 11.5 Å². The van der Waals surface area contributed by atoms with Crippen molar-refractivity contribution in [3.05, 3.63) is 101 Å². The third-order valence-corrected chi connectivity index (χ3v) is 7.28. The summed E-state index contributed by atoms with van der Waals surface area (Å²) < 4.78 is 17.1. The first-order chi connectivity index (χ1) is 19.9. The standard InChI is InChI=1S/C32H28N2O6S/c1-3-39-28-17-21(11-16-27(28)40-20-23-9-6-8-22-7-4-5-10-26(22)23)18-29-31(36)34(32(37)41-29)19-30(35)33-24-12-14-25(38-2)15-13-24/h4-18H,3,19-20H2,1-2H3,(H,33,35)/b29-18+. The Morgan fingerprint density at radius 2 is 1.71 bits per heavy atom. The number of nitrogens with one attached hydrogen (secondary N) is 1. The van der Waals surface area contributed by atoms with Crippen LogP contribution in [0.25, 0.3) is 16.8 Å². The summed E-state index contributed by atoms with van der Waals surface area (Å²) in [5.74, 6) is 0.736. The quantitative estimate of drug-likeness (QED) is 0.218. The predicted molar refractivity (Wildman–Crippen MR) is 160 cm³/mol. The summed E-state index contributed by atoms with van der Waals surface area (Å²) in [6, 6.07) is 26.3. The van der Waals surface area contributed by atoms with Crippen molar-refractivity contribution < 1.29 is 28.6 Å². The predicted octanol–water partition coefficient (Wildman–Crippen LogP) is 6.50. The van der Waals surface area contributed by atoms with Crippen LogP contribution in [0.3, 0.4) is 0 Å². The van der Waals surface area contributed by atoms with Gasteiger partial charge in [0.25, 0.3) is 11.1 Å². The molecule has 1 saturated heterocycles. The van der Waals surface area contributed by atoms with E-state index < -0.39 is 17.1 Å². The number of benzene rings is 4. The number of fused-ring (bicyclic) bond motifs is 1. The van der Waals surface area contributed by atoms with Gasteiger partial charge in [0.2, 0.25) is 5.91 Å². The van der Waals surface area contributed by atoms with Gasteiger partial charge in [0.1, 0.15) is 18.9 Å². The van der Waals surface area contributed by atoms with E-state index in [1.807, 2.05) is 31.2 Å². The molecule has 41 heavy (non-hydrogen) atoms. The summed E-state index contributed by atoms with van der Waals surface area (Å²) in [6.07, 6.45) is 1.61. The average Bonchev–Trinajstić information content (AvgIpc) is 3.24. The number of imide groups is 1. The highest BCUT2D eigenvalue weighted by Gasteiger charge is 2.36. The zero-order valence-electron chi connectivity index (χ0n) is 22.6. The van der Waals surface area contributed by atoms with E-state index in [1.54, 1.807) is 55.7 Å². The largest absolute Gasteiger partial charge is 0.497 e. The number of hydrogen-bond donors (Lipinski definition) is 1. The number of anilines is 1. The van der Waals surface area contributed by atoms with Gasteiger partial charge in [-0.15, -0.1) is 0 Å². The molecule has 208 valence electrons. The van der Waals surface area contributed by atoms with Crippen molar-refractivity contribution in [2.75, 3.05) is 25.6 Å². The topological polar surface area (TPSA) is 94.2 Å². The fraction of sp³-hybridized carbons (Fsp3) is 0.156. The number of rotatable bonds is 10. The van der Waals surface area contributed by atoms with Gasteiger partial charge in [0, 0.05) is 5.69 Å². The van der Waals surface area contributed by atoms with Gasteiger partial charge >= 0.3 is 0 Å². The van der Waals surface area contributed by atoms with Crippen LogP contribution in [0.1, 0.15) is 18.1 Å². The van der Waals surface area contributed by atoms with Crippen LogP contribution in [0.15, 0.2) is 89.8 Å². The molecule has 1 N–H and O–H groups in total. The normalized spacial score (nSPS) is 14.0. The average molecular weight is 569 g/mol. The highest BCUT2D eigenvalue weighted by Crippen LogP contribution is 2.35. The van der Waals surface area contributed by atoms with E-state index in [0.29, 0.717) is 41.7 Å². The molecule has 1 aliphatic heterocycles. The molecule has 5 rings (SSSR count). The van der Waals surface area contributed by atoms with Crippen LogP contribution in [0.2, 0.25) is 0 Å². The number of carbonyl (C=O) groups is 3. The van der Waals surface area contributed by atoms with Crippen LogP contribution < -0.4 is 19.5 Å². The third-order valence-electron chi connectivity index (χ3n) is 6.38. The summed E-state index contributed by atoms with van der Waals surface area (Å²) in [5.41, 5.74) is 2.25. The van der Waals surface area contributed by atoms with Crippen molar-refractivity contribution >= 4 is 51.4 Å². The minimum absolute atomic E-state index is 0.221. The highest BCUT2D eigenvalue weighted by atomic mass is 32.2. The van der Waals surface area contributed by atoms with Crippen LogP contribution in [0.4, 0.5) is 10.5 Å². The molecule has 1 fully saturated rings. The second kappa shape index (κ2) is 12.6. The number of hydrogen-bond acceptors (Lipinski definition) is 7. The fourth-order valence-corrected chi connectivity index (χ4v) is 5.22. The minimum atomic E-state index is -0.529. The lowest BCUT2D eigenvalue weighted by atomic mass is 10.1. The van der Waals surface area contributed by atoms with Gasteiger partial charge in [-0.3, -0.25) is 19.3 Å². The van der Waals surface area contributed by atoms with E-state index in [4.69, 9.17) is 14.2 Å². The summed E-state index contributed by atoms with van der Waals surface area (Å²) in [7, 11) is 1.55. The molecule has 0 aromatic heterocycles. The Balaban J connectivity index is 1.27. The minimum Gasteiger partial charge on any atom is -0.497 e. The monoisotopic (exact) mass is 568 g/mol. The molecular formula is C32H28N2O6S. The van der Waals surface area contributed by atoms with Crippen molar-refractivity contribution in [3.63, 3.8) is 0 Å². The Morgan fingerprint density at radius 3 is 2.49 bits per heavy atom. The van der Waals surface area contributed by atoms with E-state index in [-0.39, 0.29) is 11.4 Å². The number of nitrogens with zero attached hydrogens (tertiary/aromatic N) is 1. The first kappa shape index (κ1) is 27.8. The molecule has 0 radical (unpaired) electrons. The lowest BCUT2D eigenvalue weighted by Crippen LogP contribution is -2.36. The molecule has 0 spiro atoms. The van der Waals surface area contributed by atoms with Crippen LogP contribution in [0.5, 0.6) is 17.2 Å². The van der Waals surface area contributed by atoms with Crippen molar-refractivity contribution in [2.45, 2.75) is 13.5 Å². The summed E-state index contributed by atoms with van der Waals surface area (Å²) >= 11 is 0.792. The molecule has 0 bridgehead atoms. The van der Waals surface area contributed by atoms with Gasteiger partial charge in [-0.2, -0.15) is 0 Å². The van der Waals surface area contributed by atoms with Crippen molar-refractivity contribution in [2.24, 2.45) is 0 Å². The Hall–Kier alpha value is -4.76. The van der Waals surface area contributed by atoms with Gasteiger partial charge in [-0.25, -0.2) is 0 Å². The Morgan fingerprint density at radius 1 is 0.927 bits per heavy atom. The molecule has 0 atom stereocenters. The molecule has 0 saturated carbocycles. The van der Waals surface area contributed by atoms with Crippen LogP contribution in [0, 0.1) is 0 Å². The molecule has 1 aliphatic rings. The van der Waals surface area contributed by atoms with Crippen molar-refractivity contribution in [1.82, 2.24) is 4.90 Å². The van der Waals surface area contributed by atoms with E-state index in [2.05, 4.69) is 23.5 Å². The number of thioether (sulfide) groups is 1. The Labute approximate surface area is 241 Å². The van der Waals surface area contributed by atoms with Gasteiger partial charge in [-0.1, -0.05) is 48.5 Å². The summed E-state index contributed by atoms with van der Waals surface area (Å²) in [5, 5.41) is 4.44. The van der Waals surface area contributed by atoms with Gasteiger partial charge in [0.05, 0.1) is 18.6 Å². The molecule has 3 amide bonds. The lowest BCUT2D eigenvalue weighted by Gasteiger charge is -2.14. The van der Waals surface area contributed by atoms with E-state index in [9.17, 15) is 14.4 Å². The summed E-state index contributed by atoms with van der Waals surface area (Å²) in [4.78, 5) is 39.3. The zero-order valence-corrected chi connectivity index (χ0v) is 23.4. The molecule has 4 aromatic rings. The second-order valence-corrected chi connectivity index (χ2v) is 10.1. The van der Waals surface area contributed by atoms with Gasteiger partial charge < -0.3 is 19.5 Å². The maximum atomic E-state index is 13.0. The van der Waals surface area contributed by atoms with Crippen LogP contribution >= 0.6 is 11.8 Å². The molecule has 9 heteroatoms. The van der Waals surface area contributed by atoms with E-state index in [0.717, 1.165) is 33.0 Å². The number of ether oxygens (including phenoxy) is 3. The SMILES string of the molecule is CCOc1cc(/C=C2/SC(=O)N(CC(=O)Nc3ccc(OC)cc3)C2=O)ccc1OCc1cccc2ccccc12. The number of methoxy groups -OCH3 is 1. The Bertz CT molecular complexity index is 1630. The lowest BCUT2D eigenvalue weighted by molar-refractivity contribution is -0.127. The first-order valence-corrected chi connectivity index (χ1v) is 13.8. The maximum absolute atomic E-state index is 13.0. The number of amides is 3. The van der Waals surface area contributed by atoms with Crippen LogP contribution in [-0.4, -0.2) is 42.2 Å². The van der Waals surface area contributed by atoms with Crippen molar-refractivity contribution in [1.29, 1.82) is 0 Å². The molecule has 1 heterocycles. The van der Waals surface area contributed by atoms with Crippen molar-refractivity contribution in [3.8, 4) is 17.2 Å². The van der Waals surface area contributed by atoms with Crippen LogP contribution in [-0.2, 0) is 16.2 Å². The first-order valence-electron chi connectivity index (χ1n) is 13.0. The highest BCUT2D eigenvalue weighted by molar-refractivity contribution is 8.18. The Kier molecular flexibility index (Phi) is 8.55. The second-order valence-electron chi connectivity index (χ2n) is 9.11. The zero-order chi connectivity index (χ0) is 28.8. The smallest absolute Gasteiger partial charge is 0.294 e. The van der Waals surface area contributed by atoms with E-state index in [1.165, 1.54) is 0 Å². The molecule has 0 unspecified atom stereocenters. The molecule has 0 aliphatic carbocycles. The molecule has 4 aromatic carbocycles. The number of carbonyl (C=O) groups excluding carboxylic acids is 3. The van der Waals surface area contributed by atoms with E-state index >= 15 is 0 Å². The van der Waals surface area contributed by atoms with Gasteiger partial charge in [-0.05, 0) is 83.1 Å². The third kappa shape index (κ3) is 6.53. The molecular weight excluding hydrogens is 540 g/mol.